The lowest BCUT2D eigenvalue weighted by molar-refractivity contribution is 0.0948. The summed E-state index contributed by atoms with van der Waals surface area (Å²) in [6.07, 6.45) is 3.10. The number of anilines is 2. The Morgan fingerprint density at radius 3 is 2.62 bits per heavy atom. The molecule has 122 valence electrons. The number of furan rings is 1. The lowest BCUT2D eigenvalue weighted by Crippen LogP contribution is -2.22. The average molecular weight is 362 g/mol. The molecule has 2 heterocycles. The topological polar surface area (TPSA) is 67.2 Å². The second kappa shape index (κ2) is 7.38. The van der Waals surface area contributed by atoms with E-state index in [-0.39, 0.29) is 5.91 Å². The van der Waals surface area contributed by atoms with E-state index in [1.807, 2.05) is 0 Å². The molecule has 0 saturated heterocycles. The fourth-order valence-electron chi connectivity index (χ4n) is 2.07. The first-order valence-corrected chi connectivity index (χ1v) is 7.87. The molecule has 1 aromatic carbocycles. The van der Waals surface area contributed by atoms with Crippen LogP contribution in [0.5, 0.6) is 0 Å². The second-order valence-electron chi connectivity index (χ2n) is 4.91. The zero-order valence-electron chi connectivity index (χ0n) is 12.4. The fourth-order valence-corrected chi connectivity index (χ4v) is 2.56. The van der Waals surface area contributed by atoms with Crippen molar-refractivity contribution in [2.24, 2.45) is 0 Å². The highest BCUT2D eigenvalue weighted by molar-refractivity contribution is 6.39. The normalized spacial score (nSPS) is 10.4. The molecule has 1 amide bonds. The first kappa shape index (κ1) is 16.4. The maximum atomic E-state index is 12.2. The Labute approximate surface area is 148 Å². The molecule has 0 spiro atoms. The van der Waals surface area contributed by atoms with Crippen molar-refractivity contribution in [3.05, 3.63) is 76.3 Å². The first-order chi connectivity index (χ1) is 11.6. The van der Waals surface area contributed by atoms with E-state index in [1.54, 1.807) is 48.7 Å². The van der Waals surface area contributed by atoms with Gasteiger partial charge in [0.1, 0.15) is 11.6 Å². The number of benzene rings is 1. The van der Waals surface area contributed by atoms with Crippen LogP contribution in [0, 0.1) is 0 Å². The van der Waals surface area contributed by atoms with Gasteiger partial charge < -0.3 is 15.1 Å². The van der Waals surface area contributed by atoms with E-state index in [9.17, 15) is 4.79 Å². The summed E-state index contributed by atoms with van der Waals surface area (Å²) >= 11 is 12.2. The molecule has 2 aromatic heterocycles. The number of nitrogens with zero attached hydrogens (tertiary/aromatic N) is 1. The Balaban J connectivity index is 1.73. The highest BCUT2D eigenvalue weighted by atomic mass is 35.5. The molecule has 0 unspecified atom stereocenters. The van der Waals surface area contributed by atoms with Crippen molar-refractivity contribution in [3.8, 4) is 0 Å². The Hall–Kier alpha value is -2.50. The molecule has 2 N–H and O–H groups in total. The van der Waals surface area contributed by atoms with E-state index in [0.717, 1.165) is 0 Å². The van der Waals surface area contributed by atoms with Crippen molar-refractivity contribution < 1.29 is 9.21 Å². The van der Waals surface area contributed by atoms with Crippen molar-refractivity contribution in [1.82, 2.24) is 10.3 Å². The Kier molecular flexibility index (Phi) is 5.03. The number of carbonyl (C=O) groups is 1. The lowest BCUT2D eigenvalue weighted by atomic mass is 10.2. The molecule has 0 saturated carbocycles. The summed E-state index contributed by atoms with van der Waals surface area (Å²) in [5, 5.41) is 6.75. The molecule has 3 rings (SSSR count). The first-order valence-electron chi connectivity index (χ1n) is 7.11. The highest BCUT2D eigenvalue weighted by Gasteiger charge is 2.10. The SMILES string of the molecule is O=C(NCc1ccco1)c1ccnc(Nc2c(Cl)cccc2Cl)c1. The number of rotatable bonds is 5. The van der Waals surface area contributed by atoms with Crippen LogP contribution < -0.4 is 10.6 Å². The van der Waals surface area contributed by atoms with E-state index >= 15 is 0 Å². The summed E-state index contributed by atoms with van der Waals surface area (Å²) in [6, 6.07) is 12.0. The summed E-state index contributed by atoms with van der Waals surface area (Å²) in [7, 11) is 0. The largest absolute Gasteiger partial charge is 0.467 e. The van der Waals surface area contributed by atoms with Crippen LogP contribution >= 0.6 is 23.2 Å². The van der Waals surface area contributed by atoms with E-state index in [1.165, 1.54) is 6.20 Å². The highest BCUT2D eigenvalue weighted by Crippen LogP contribution is 2.32. The quantitative estimate of drug-likeness (QED) is 0.693. The summed E-state index contributed by atoms with van der Waals surface area (Å²) in [5.74, 6) is 0.913. The minimum Gasteiger partial charge on any atom is -0.467 e. The van der Waals surface area contributed by atoms with Gasteiger partial charge in [-0.15, -0.1) is 0 Å². The number of halogens is 2. The Morgan fingerprint density at radius 1 is 1.12 bits per heavy atom. The van der Waals surface area contributed by atoms with Crippen LogP contribution in [0.3, 0.4) is 0 Å². The number of hydrogen-bond donors (Lipinski definition) is 2. The summed E-state index contributed by atoms with van der Waals surface area (Å²) in [4.78, 5) is 16.4. The Bertz CT molecular complexity index is 831. The minimum absolute atomic E-state index is 0.234. The van der Waals surface area contributed by atoms with Gasteiger partial charge in [-0.3, -0.25) is 4.79 Å². The van der Waals surface area contributed by atoms with Gasteiger partial charge in [0.25, 0.3) is 5.91 Å². The van der Waals surface area contributed by atoms with Gasteiger partial charge in [0, 0.05) is 11.8 Å². The number of carbonyl (C=O) groups excluding carboxylic acids is 1. The third kappa shape index (κ3) is 3.88. The number of hydrogen-bond acceptors (Lipinski definition) is 4. The maximum Gasteiger partial charge on any atom is 0.251 e. The molecule has 0 bridgehead atoms. The molecule has 7 heteroatoms. The molecule has 3 aromatic rings. The molecule has 0 atom stereocenters. The molecular formula is C17H13Cl2N3O2. The number of para-hydroxylation sites is 1. The third-order valence-corrected chi connectivity index (χ3v) is 3.87. The fraction of sp³-hybridized carbons (Fsp3) is 0.0588. The molecule has 5 nitrogen and oxygen atoms in total. The van der Waals surface area contributed by atoms with Crippen LogP contribution in [0.1, 0.15) is 16.1 Å². The van der Waals surface area contributed by atoms with E-state index < -0.39 is 0 Å². The average Bonchev–Trinajstić information content (AvgIpc) is 3.10. The monoisotopic (exact) mass is 361 g/mol. The van der Waals surface area contributed by atoms with Gasteiger partial charge in [-0.25, -0.2) is 4.98 Å². The Morgan fingerprint density at radius 2 is 1.92 bits per heavy atom. The van der Waals surface area contributed by atoms with E-state index in [2.05, 4.69) is 15.6 Å². The number of pyridine rings is 1. The van der Waals surface area contributed by atoms with E-state index in [0.29, 0.717) is 39.4 Å². The lowest BCUT2D eigenvalue weighted by Gasteiger charge is -2.10. The molecule has 0 aliphatic heterocycles. The molecule has 0 aliphatic carbocycles. The zero-order valence-corrected chi connectivity index (χ0v) is 13.9. The third-order valence-electron chi connectivity index (χ3n) is 3.24. The van der Waals surface area contributed by atoms with Crippen molar-refractivity contribution in [2.75, 3.05) is 5.32 Å². The molecule has 0 fully saturated rings. The van der Waals surface area contributed by atoms with Crippen LogP contribution in [0.15, 0.2) is 59.3 Å². The van der Waals surface area contributed by atoms with Gasteiger partial charge in [0.2, 0.25) is 0 Å². The predicted octanol–water partition coefficient (Wildman–Crippen LogP) is 4.66. The van der Waals surface area contributed by atoms with Gasteiger partial charge in [-0.05, 0) is 36.4 Å². The summed E-state index contributed by atoms with van der Waals surface area (Å²) < 4.78 is 5.18. The summed E-state index contributed by atoms with van der Waals surface area (Å²) in [6.45, 7) is 0.313. The van der Waals surface area contributed by atoms with Crippen molar-refractivity contribution >= 4 is 40.6 Å². The van der Waals surface area contributed by atoms with Crippen LogP contribution in [0.25, 0.3) is 0 Å². The van der Waals surface area contributed by atoms with Gasteiger partial charge >= 0.3 is 0 Å². The smallest absolute Gasteiger partial charge is 0.251 e. The van der Waals surface area contributed by atoms with Gasteiger partial charge in [-0.2, -0.15) is 0 Å². The molecular weight excluding hydrogens is 349 g/mol. The minimum atomic E-state index is -0.234. The van der Waals surface area contributed by atoms with Crippen LogP contribution in [-0.2, 0) is 6.54 Å². The van der Waals surface area contributed by atoms with Crippen LogP contribution in [0.2, 0.25) is 10.0 Å². The van der Waals surface area contributed by atoms with Crippen molar-refractivity contribution in [1.29, 1.82) is 0 Å². The van der Waals surface area contributed by atoms with Crippen LogP contribution in [-0.4, -0.2) is 10.9 Å². The van der Waals surface area contributed by atoms with E-state index in [4.69, 9.17) is 27.6 Å². The predicted molar refractivity (Wildman–Crippen MR) is 93.9 cm³/mol. The number of aromatic nitrogens is 1. The standard InChI is InChI=1S/C17H13Cl2N3O2/c18-13-4-1-5-14(19)16(13)22-15-9-11(6-7-20-15)17(23)21-10-12-3-2-8-24-12/h1-9H,10H2,(H,20,22)(H,21,23). The molecule has 24 heavy (non-hydrogen) atoms. The number of amides is 1. The van der Waals surface area contributed by atoms with Gasteiger partial charge in [0.15, 0.2) is 0 Å². The molecule has 0 radical (unpaired) electrons. The van der Waals surface area contributed by atoms with Gasteiger partial charge in [-0.1, -0.05) is 29.3 Å². The van der Waals surface area contributed by atoms with Crippen LogP contribution in [0.4, 0.5) is 11.5 Å². The summed E-state index contributed by atoms with van der Waals surface area (Å²) in [5.41, 5.74) is 1.00. The number of nitrogens with one attached hydrogen (secondary N) is 2. The second-order valence-corrected chi connectivity index (χ2v) is 5.73. The zero-order chi connectivity index (χ0) is 16.9. The van der Waals surface area contributed by atoms with Crippen molar-refractivity contribution in [3.63, 3.8) is 0 Å². The van der Waals surface area contributed by atoms with Gasteiger partial charge in [0.05, 0.1) is 28.5 Å². The van der Waals surface area contributed by atoms with Crippen molar-refractivity contribution in [2.45, 2.75) is 6.54 Å². The molecule has 0 aliphatic rings. The maximum absolute atomic E-state index is 12.2.